The molecule has 0 aromatic rings. The summed E-state index contributed by atoms with van der Waals surface area (Å²) >= 11 is 1.58. The normalized spacial score (nSPS) is 18.6. The van der Waals surface area contributed by atoms with E-state index in [1.165, 1.54) is 0 Å². The van der Waals surface area contributed by atoms with E-state index < -0.39 is 21.7 Å². The Kier molecular flexibility index (Phi) is 2.46. The van der Waals surface area contributed by atoms with Crippen LogP contribution in [0.4, 0.5) is 0 Å². The molecule has 1 heterocycles. The van der Waals surface area contributed by atoms with E-state index >= 15 is 0 Å². The fraction of sp³-hybridized carbons (Fsp3) is 0.167. The highest BCUT2D eigenvalue weighted by Gasteiger charge is 2.30. The summed E-state index contributed by atoms with van der Waals surface area (Å²) in [6.07, 6.45) is 1.01. The van der Waals surface area contributed by atoms with Crippen LogP contribution in [0.15, 0.2) is 11.6 Å². The van der Waals surface area contributed by atoms with E-state index in [4.69, 9.17) is 5.11 Å². The van der Waals surface area contributed by atoms with Gasteiger partial charge in [0.15, 0.2) is 0 Å². The molecule has 1 aliphatic heterocycles. The van der Waals surface area contributed by atoms with Gasteiger partial charge in [0.2, 0.25) is 0 Å². The van der Waals surface area contributed by atoms with Gasteiger partial charge in [0.1, 0.15) is 3.92 Å². The number of carboxylic acids is 1. The molecule has 12 heavy (non-hydrogen) atoms. The Balaban J connectivity index is 2.89. The number of hydrogen-bond donors (Lipinski definition) is 2. The third-order valence-electron chi connectivity index (χ3n) is 1.28. The van der Waals surface area contributed by atoms with Crippen LogP contribution in [0.2, 0.25) is 0 Å². The summed E-state index contributed by atoms with van der Waals surface area (Å²) in [5, 5.41) is 10.5. The molecule has 1 rings (SSSR count). The number of carbonyl (C=O) groups excluding carboxylic acids is 2. The second-order valence-corrected chi connectivity index (χ2v) is 3.36. The van der Waals surface area contributed by atoms with Crippen LogP contribution in [0.3, 0.4) is 0 Å². The fourth-order valence-corrected chi connectivity index (χ4v) is 1.21. The van der Waals surface area contributed by atoms with Gasteiger partial charge in [-0.25, -0.2) is 0 Å². The van der Waals surface area contributed by atoms with Crippen LogP contribution in [0.25, 0.3) is 0 Å². The lowest BCUT2D eigenvalue weighted by atomic mass is 10.2. The van der Waals surface area contributed by atoms with E-state index in [0.29, 0.717) is 0 Å². The average Bonchev–Trinajstić information content (AvgIpc) is 2.28. The third-order valence-corrected chi connectivity index (χ3v) is 2.48. The second kappa shape index (κ2) is 3.21. The molecule has 5 nitrogen and oxygen atoms in total. The number of halogens is 1. The second-order valence-electron chi connectivity index (χ2n) is 2.12. The van der Waals surface area contributed by atoms with E-state index in [1.807, 2.05) is 5.32 Å². The molecule has 0 fully saturated rings. The number of alkyl halides is 1. The largest absolute Gasteiger partial charge is 0.480 e. The van der Waals surface area contributed by atoms with E-state index in [9.17, 15) is 14.4 Å². The topological polar surface area (TPSA) is 83.5 Å². The van der Waals surface area contributed by atoms with Crippen LogP contribution in [-0.4, -0.2) is 26.8 Å². The summed E-state index contributed by atoms with van der Waals surface area (Å²) in [6.45, 7) is 0. The molecular formula is C6H4INO4. The standard InChI is InChI=1S/C6H4INO4/c7-4(6(11)12)2-1-3(9)8-5(2)10/h1,4H,(H,11,12)(H,8,9,10). The summed E-state index contributed by atoms with van der Waals surface area (Å²) in [5.74, 6) is -2.31. The van der Waals surface area contributed by atoms with Gasteiger partial charge in [-0.05, 0) is 0 Å². The first-order valence-corrected chi connectivity index (χ1v) is 4.20. The number of carbonyl (C=O) groups is 3. The molecule has 1 aliphatic rings. The maximum Gasteiger partial charge on any atom is 0.321 e. The minimum Gasteiger partial charge on any atom is -0.480 e. The molecule has 0 aromatic heterocycles. The molecule has 0 saturated carbocycles. The van der Waals surface area contributed by atoms with E-state index in [0.717, 1.165) is 6.08 Å². The van der Waals surface area contributed by atoms with Crippen molar-refractivity contribution < 1.29 is 19.5 Å². The van der Waals surface area contributed by atoms with Gasteiger partial charge < -0.3 is 5.11 Å². The lowest BCUT2D eigenvalue weighted by Gasteiger charge is -2.01. The number of carboxylic acid groups (broad SMARTS) is 1. The molecule has 0 bridgehead atoms. The molecule has 2 amide bonds. The van der Waals surface area contributed by atoms with Crippen molar-refractivity contribution in [1.29, 1.82) is 0 Å². The first-order valence-electron chi connectivity index (χ1n) is 2.96. The smallest absolute Gasteiger partial charge is 0.321 e. The predicted octanol–water partition coefficient (Wildman–Crippen LogP) is -0.543. The van der Waals surface area contributed by atoms with Crippen molar-refractivity contribution in [3.05, 3.63) is 11.6 Å². The van der Waals surface area contributed by atoms with Crippen molar-refractivity contribution in [3.8, 4) is 0 Å². The van der Waals surface area contributed by atoms with Crippen LogP contribution >= 0.6 is 22.6 Å². The van der Waals surface area contributed by atoms with Crippen molar-refractivity contribution in [2.75, 3.05) is 0 Å². The molecule has 1 unspecified atom stereocenters. The molecule has 0 aromatic carbocycles. The Hall–Kier alpha value is -0.920. The Labute approximate surface area is 81.0 Å². The summed E-state index contributed by atoms with van der Waals surface area (Å²) < 4.78 is -0.964. The van der Waals surface area contributed by atoms with Crippen LogP contribution in [-0.2, 0) is 14.4 Å². The zero-order valence-corrected chi connectivity index (χ0v) is 7.86. The summed E-state index contributed by atoms with van der Waals surface area (Å²) in [6, 6.07) is 0. The third kappa shape index (κ3) is 1.63. The molecule has 6 heteroatoms. The molecule has 0 spiro atoms. The zero-order chi connectivity index (χ0) is 9.30. The molecule has 64 valence electrons. The lowest BCUT2D eigenvalue weighted by molar-refractivity contribution is -0.136. The van der Waals surface area contributed by atoms with Crippen molar-refractivity contribution in [1.82, 2.24) is 5.32 Å². The van der Waals surface area contributed by atoms with Gasteiger partial charge in [0.25, 0.3) is 11.8 Å². The number of hydrogen-bond acceptors (Lipinski definition) is 3. The summed E-state index contributed by atoms with van der Waals surface area (Å²) in [5.41, 5.74) is -0.00639. The minimum absolute atomic E-state index is 0.00639. The molecule has 2 N–H and O–H groups in total. The van der Waals surface area contributed by atoms with Gasteiger partial charge in [-0.3, -0.25) is 19.7 Å². The maximum absolute atomic E-state index is 10.9. The Morgan fingerprint density at radius 2 is 2.17 bits per heavy atom. The predicted molar refractivity (Wildman–Crippen MR) is 46.7 cm³/mol. The van der Waals surface area contributed by atoms with Gasteiger partial charge in [0.05, 0.1) is 0 Å². The number of rotatable bonds is 2. The zero-order valence-electron chi connectivity index (χ0n) is 5.70. The Bertz CT molecular complexity index is 296. The Morgan fingerprint density at radius 1 is 1.58 bits per heavy atom. The highest BCUT2D eigenvalue weighted by Crippen LogP contribution is 2.16. The van der Waals surface area contributed by atoms with Crippen molar-refractivity contribution in [2.24, 2.45) is 0 Å². The van der Waals surface area contributed by atoms with Crippen molar-refractivity contribution in [2.45, 2.75) is 3.92 Å². The van der Waals surface area contributed by atoms with Crippen molar-refractivity contribution in [3.63, 3.8) is 0 Å². The van der Waals surface area contributed by atoms with E-state index in [2.05, 4.69) is 0 Å². The number of nitrogens with one attached hydrogen (secondary N) is 1. The molecule has 0 aliphatic carbocycles. The van der Waals surface area contributed by atoms with Gasteiger partial charge in [-0.2, -0.15) is 0 Å². The molecule has 0 radical (unpaired) electrons. The first kappa shape index (κ1) is 9.17. The maximum atomic E-state index is 10.9. The summed E-state index contributed by atoms with van der Waals surface area (Å²) in [7, 11) is 0. The summed E-state index contributed by atoms with van der Waals surface area (Å²) in [4.78, 5) is 31.8. The monoisotopic (exact) mass is 281 g/mol. The average molecular weight is 281 g/mol. The number of amides is 2. The SMILES string of the molecule is O=C1C=C(C(I)C(=O)O)C(=O)N1. The fourth-order valence-electron chi connectivity index (χ4n) is 0.748. The van der Waals surface area contributed by atoms with E-state index in [-0.39, 0.29) is 5.57 Å². The van der Waals surface area contributed by atoms with Gasteiger partial charge in [-0.15, -0.1) is 0 Å². The van der Waals surface area contributed by atoms with Crippen LogP contribution < -0.4 is 5.32 Å². The molecular weight excluding hydrogens is 277 g/mol. The van der Waals surface area contributed by atoms with Crippen molar-refractivity contribution >= 4 is 40.4 Å². The van der Waals surface area contributed by atoms with Crippen LogP contribution in [0, 0.1) is 0 Å². The first-order chi connectivity index (χ1) is 5.52. The van der Waals surface area contributed by atoms with Crippen LogP contribution in [0.1, 0.15) is 0 Å². The van der Waals surface area contributed by atoms with Gasteiger partial charge >= 0.3 is 5.97 Å². The Morgan fingerprint density at radius 3 is 2.50 bits per heavy atom. The minimum atomic E-state index is -1.13. The van der Waals surface area contributed by atoms with Gasteiger partial charge in [-0.1, -0.05) is 22.6 Å². The molecule has 1 atom stereocenters. The highest BCUT2D eigenvalue weighted by atomic mass is 127. The molecule has 0 saturated heterocycles. The lowest BCUT2D eigenvalue weighted by Crippen LogP contribution is -2.27. The number of imide groups is 1. The quantitative estimate of drug-likeness (QED) is 0.404. The number of aliphatic carboxylic acids is 1. The highest BCUT2D eigenvalue weighted by molar-refractivity contribution is 14.1. The van der Waals surface area contributed by atoms with Gasteiger partial charge in [0, 0.05) is 11.6 Å². The van der Waals surface area contributed by atoms with Crippen LogP contribution in [0.5, 0.6) is 0 Å². The van der Waals surface area contributed by atoms with E-state index in [1.54, 1.807) is 22.6 Å².